The summed E-state index contributed by atoms with van der Waals surface area (Å²) in [4.78, 5) is 25.0. The maximum absolute atomic E-state index is 12.5. The van der Waals surface area contributed by atoms with Gasteiger partial charge in [0.2, 0.25) is 5.91 Å². The van der Waals surface area contributed by atoms with Crippen LogP contribution in [0.3, 0.4) is 0 Å². The second kappa shape index (κ2) is 11.1. The zero-order chi connectivity index (χ0) is 22.1. The monoisotopic (exact) mass is 448 g/mol. The van der Waals surface area contributed by atoms with Crippen molar-refractivity contribution in [1.29, 1.82) is 0 Å². The third-order valence-electron chi connectivity index (χ3n) is 4.24. The summed E-state index contributed by atoms with van der Waals surface area (Å²) < 4.78 is 38.7. The Morgan fingerprint density at radius 1 is 1.37 bits per heavy atom. The van der Waals surface area contributed by atoms with Crippen molar-refractivity contribution in [3.63, 3.8) is 0 Å². The lowest BCUT2D eigenvalue weighted by Crippen LogP contribution is -2.40. The van der Waals surface area contributed by atoms with Crippen molar-refractivity contribution in [2.24, 2.45) is 5.92 Å². The van der Waals surface area contributed by atoms with E-state index in [0.29, 0.717) is 19.7 Å². The molecule has 1 unspecified atom stereocenters. The van der Waals surface area contributed by atoms with Gasteiger partial charge in [0.15, 0.2) is 0 Å². The van der Waals surface area contributed by atoms with E-state index in [1.807, 2.05) is 16.9 Å². The molecule has 0 bridgehead atoms. The lowest BCUT2D eigenvalue weighted by Gasteiger charge is -2.22. The first-order valence-corrected chi connectivity index (χ1v) is 9.91. The van der Waals surface area contributed by atoms with Crippen LogP contribution in [0.2, 0.25) is 0 Å². The number of halogens is 3. The molecule has 0 saturated carbocycles. The zero-order valence-corrected chi connectivity index (χ0v) is 17.1. The highest BCUT2D eigenvalue weighted by molar-refractivity contribution is 7.09. The predicted molar refractivity (Wildman–Crippen MR) is 103 cm³/mol. The van der Waals surface area contributed by atoms with Crippen molar-refractivity contribution >= 4 is 23.2 Å². The summed E-state index contributed by atoms with van der Waals surface area (Å²) in [7, 11) is 1.64. The summed E-state index contributed by atoms with van der Waals surface area (Å²) in [6.07, 6.45) is -3.27. The molecule has 0 saturated heterocycles. The molecule has 12 heteroatoms. The molecule has 2 aromatic heterocycles. The number of ether oxygens (including phenoxy) is 1. The largest absolute Gasteiger partial charge is 0.490 e. The Bertz CT molecular complexity index is 811. The number of thiophene rings is 1. The second-order valence-corrected chi connectivity index (χ2v) is 7.57. The van der Waals surface area contributed by atoms with Gasteiger partial charge in [-0.1, -0.05) is 6.07 Å². The smallest absolute Gasteiger partial charge is 0.475 e. The molecule has 2 N–H and O–H groups in total. The van der Waals surface area contributed by atoms with Crippen molar-refractivity contribution in [2.75, 3.05) is 26.8 Å². The Labute approximate surface area is 175 Å². The second-order valence-electron chi connectivity index (χ2n) is 6.54. The number of alkyl halides is 3. The van der Waals surface area contributed by atoms with Crippen LogP contribution >= 0.6 is 11.3 Å². The van der Waals surface area contributed by atoms with Crippen molar-refractivity contribution in [2.45, 2.75) is 25.8 Å². The molecule has 0 fully saturated rings. The maximum atomic E-state index is 12.5. The van der Waals surface area contributed by atoms with E-state index in [-0.39, 0.29) is 11.8 Å². The van der Waals surface area contributed by atoms with E-state index in [2.05, 4.69) is 32.8 Å². The molecule has 1 amide bonds. The SMILES string of the molecule is COCCNC(=O)C1CN(Cc2cccs2)Cc2ccnn2C1.O=C(O)C(F)(F)F. The van der Waals surface area contributed by atoms with Gasteiger partial charge in [-0.25, -0.2) is 4.79 Å². The van der Waals surface area contributed by atoms with Crippen LogP contribution in [0.15, 0.2) is 29.8 Å². The molecule has 30 heavy (non-hydrogen) atoms. The third-order valence-corrected chi connectivity index (χ3v) is 5.10. The minimum absolute atomic E-state index is 0.0709. The summed E-state index contributed by atoms with van der Waals surface area (Å²) in [5.41, 5.74) is 1.16. The summed E-state index contributed by atoms with van der Waals surface area (Å²) >= 11 is 1.75. The standard InChI is InChI=1S/C16H22N4O2S.C2HF3O2/c1-22-7-6-17-16(21)13-9-19(12-15-3-2-8-23-15)11-14-4-5-18-20(14)10-13;3-2(4,5)1(6)7/h2-5,8,13H,6-7,9-12H2,1H3,(H,17,21);(H,6,7). The number of carboxylic acids is 1. The number of methoxy groups -OCH3 is 1. The molecule has 1 aliphatic heterocycles. The van der Waals surface area contributed by atoms with Gasteiger partial charge in [0, 0.05) is 44.4 Å². The third kappa shape index (κ3) is 7.43. The van der Waals surface area contributed by atoms with E-state index in [0.717, 1.165) is 25.3 Å². The Balaban J connectivity index is 0.000000396. The van der Waals surface area contributed by atoms with Crippen molar-refractivity contribution in [3.8, 4) is 0 Å². The number of fused-ring (bicyclic) bond motifs is 1. The molecular weight excluding hydrogens is 425 g/mol. The molecule has 166 valence electrons. The van der Waals surface area contributed by atoms with Gasteiger partial charge in [-0.3, -0.25) is 14.4 Å². The average molecular weight is 448 g/mol. The van der Waals surface area contributed by atoms with Gasteiger partial charge in [0.1, 0.15) is 0 Å². The first-order valence-electron chi connectivity index (χ1n) is 9.03. The number of carboxylic acid groups (broad SMARTS) is 1. The Morgan fingerprint density at radius 2 is 2.10 bits per heavy atom. The molecule has 0 radical (unpaired) electrons. The number of nitrogens with one attached hydrogen (secondary N) is 1. The minimum atomic E-state index is -5.08. The summed E-state index contributed by atoms with van der Waals surface area (Å²) in [6.45, 7) is 4.12. The number of nitrogens with zero attached hydrogens (tertiary/aromatic N) is 3. The van der Waals surface area contributed by atoms with E-state index in [4.69, 9.17) is 14.6 Å². The van der Waals surface area contributed by atoms with Gasteiger partial charge in [-0.2, -0.15) is 18.3 Å². The molecule has 1 aliphatic rings. The van der Waals surface area contributed by atoms with Crippen LogP contribution < -0.4 is 5.32 Å². The van der Waals surface area contributed by atoms with E-state index in [9.17, 15) is 18.0 Å². The molecule has 3 rings (SSSR count). The molecule has 3 heterocycles. The fourth-order valence-electron chi connectivity index (χ4n) is 2.86. The summed E-state index contributed by atoms with van der Waals surface area (Å²) in [5, 5.41) is 16.5. The molecule has 1 atom stereocenters. The Hall–Kier alpha value is -2.44. The van der Waals surface area contributed by atoms with E-state index in [1.54, 1.807) is 18.4 Å². The number of rotatable bonds is 6. The van der Waals surface area contributed by atoms with E-state index in [1.165, 1.54) is 4.88 Å². The van der Waals surface area contributed by atoms with Crippen LogP contribution in [-0.4, -0.2) is 64.6 Å². The number of aliphatic carboxylic acids is 1. The quantitative estimate of drug-likeness (QED) is 0.656. The van der Waals surface area contributed by atoms with Crippen molar-refractivity contribution in [1.82, 2.24) is 20.0 Å². The fourth-order valence-corrected chi connectivity index (χ4v) is 3.61. The Morgan fingerprint density at radius 3 is 2.70 bits per heavy atom. The number of hydrogen-bond donors (Lipinski definition) is 2. The maximum Gasteiger partial charge on any atom is 0.490 e. The van der Waals surface area contributed by atoms with Gasteiger partial charge in [0.25, 0.3) is 0 Å². The van der Waals surface area contributed by atoms with E-state index < -0.39 is 12.1 Å². The first kappa shape index (κ1) is 23.8. The van der Waals surface area contributed by atoms with Crippen LogP contribution in [0.25, 0.3) is 0 Å². The van der Waals surface area contributed by atoms with Crippen LogP contribution in [0.5, 0.6) is 0 Å². The minimum Gasteiger partial charge on any atom is -0.475 e. The van der Waals surface area contributed by atoms with Gasteiger partial charge in [-0.15, -0.1) is 11.3 Å². The molecule has 0 aromatic carbocycles. The van der Waals surface area contributed by atoms with Crippen molar-refractivity contribution in [3.05, 3.63) is 40.3 Å². The topological polar surface area (TPSA) is 96.7 Å². The molecule has 2 aromatic rings. The number of carbonyl (C=O) groups excluding carboxylic acids is 1. The van der Waals surface area contributed by atoms with E-state index >= 15 is 0 Å². The van der Waals surface area contributed by atoms with Gasteiger partial charge >= 0.3 is 12.1 Å². The highest BCUT2D eigenvalue weighted by Crippen LogP contribution is 2.20. The highest BCUT2D eigenvalue weighted by atomic mass is 32.1. The summed E-state index contributed by atoms with van der Waals surface area (Å²) in [6, 6.07) is 6.24. The number of aromatic nitrogens is 2. The normalized spacial score (nSPS) is 16.7. The van der Waals surface area contributed by atoms with Crippen molar-refractivity contribution < 1.29 is 32.6 Å². The summed E-state index contributed by atoms with van der Waals surface area (Å²) in [5.74, 6) is -2.79. The van der Waals surface area contributed by atoms with Crippen LogP contribution in [0, 0.1) is 5.92 Å². The molecule has 0 spiro atoms. The van der Waals surface area contributed by atoms with Gasteiger partial charge in [-0.05, 0) is 17.5 Å². The number of hydrogen-bond acceptors (Lipinski definition) is 6. The van der Waals surface area contributed by atoms with Gasteiger partial charge in [0.05, 0.1) is 24.8 Å². The molecule has 8 nitrogen and oxygen atoms in total. The Kier molecular flexibility index (Phi) is 8.81. The van der Waals surface area contributed by atoms with Crippen LogP contribution in [-0.2, 0) is 34.0 Å². The van der Waals surface area contributed by atoms with Crippen LogP contribution in [0.4, 0.5) is 13.2 Å². The fraction of sp³-hybridized carbons (Fsp3) is 0.500. The van der Waals surface area contributed by atoms with Crippen LogP contribution in [0.1, 0.15) is 10.6 Å². The lowest BCUT2D eigenvalue weighted by molar-refractivity contribution is -0.192. The number of carbonyl (C=O) groups is 2. The zero-order valence-electron chi connectivity index (χ0n) is 16.3. The lowest BCUT2D eigenvalue weighted by atomic mass is 10.1. The molecular formula is C18H23F3N4O4S. The average Bonchev–Trinajstić information content (AvgIpc) is 3.30. The molecule has 0 aliphatic carbocycles. The highest BCUT2D eigenvalue weighted by Gasteiger charge is 2.38. The predicted octanol–water partition coefficient (Wildman–Crippen LogP) is 1.97. The van der Waals surface area contributed by atoms with Gasteiger partial charge < -0.3 is 15.2 Å². The first-order chi connectivity index (χ1) is 14.2. The number of amides is 1.